The third-order valence-electron chi connectivity index (χ3n) is 2.28. The first-order valence-electron chi connectivity index (χ1n) is 5.87. The highest BCUT2D eigenvalue weighted by atomic mass is 15.3. The van der Waals surface area contributed by atoms with Crippen molar-refractivity contribution in [3.8, 4) is 0 Å². The molecule has 0 aliphatic carbocycles. The standard InChI is InChI=1S/C12H18N2.C2H6/c1-5-7-10(3)12(6-2)14-9-8-13-11(14)4;1-2/h5-9,11,13H,2H2,1,3-4H3;1-2H3/b7-5-,12-10+;. The van der Waals surface area contributed by atoms with Crippen molar-refractivity contribution in [3.05, 3.63) is 48.5 Å². The molecule has 0 radical (unpaired) electrons. The van der Waals surface area contributed by atoms with E-state index in [2.05, 4.69) is 36.7 Å². The van der Waals surface area contributed by atoms with E-state index in [9.17, 15) is 0 Å². The number of nitrogens with zero attached hydrogens (tertiary/aromatic N) is 1. The van der Waals surface area contributed by atoms with Crippen molar-refractivity contribution >= 4 is 0 Å². The molecule has 1 aliphatic heterocycles. The maximum Gasteiger partial charge on any atom is 0.1000 e. The van der Waals surface area contributed by atoms with E-state index in [-0.39, 0.29) is 0 Å². The molecule has 1 rings (SSSR count). The number of rotatable bonds is 3. The van der Waals surface area contributed by atoms with Gasteiger partial charge in [0.2, 0.25) is 0 Å². The molecule has 0 aromatic rings. The number of allylic oxidation sites excluding steroid dienone is 4. The smallest absolute Gasteiger partial charge is 0.1000 e. The van der Waals surface area contributed by atoms with Crippen molar-refractivity contribution in [2.45, 2.75) is 40.8 Å². The van der Waals surface area contributed by atoms with E-state index >= 15 is 0 Å². The molecule has 0 saturated carbocycles. The van der Waals surface area contributed by atoms with Crippen molar-refractivity contribution in [3.63, 3.8) is 0 Å². The van der Waals surface area contributed by atoms with E-state index in [0.29, 0.717) is 6.17 Å². The summed E-state index contributed by atoms with van der Waals surface area (Å²) in [6, 6.07) is 0. The molecular formula is C14H24N2. The second-order valence-corrected chi connectivity index (χ2v) is 3.34. The monoisotopic (exact) mass is 220 g/mol. The van der Waals surface area contributed by atoms with Gasteiger partial charge in [-0.2, -0.15) is 0 Å². The largest absolute Gasteiger partial charge is 0.370 e. The second kappa shape index (κ2) is 7.80. The van der Waals surface area contributed by atoms with Crippen LogP contribution < -0.4 is 5.32 Å². The molecule has 0 aromatic carbocycles. The highest BCUT2D eigenvalue weighted by Gasteiger charge is 2.16. The normalized spacial score (nSPS) is 20.1. The molecule has 0 spiro atoms. The van der Waals surface area contributed by atoms with E-state index in [0.717, 1.165) is 5.70 Å². The molecule has 1 N–H and O–H groups in total. The van der Waals surface area contributed by atoms with Crippen LogP contribution in [0.1, 0.15) is 34.6 Å². The first kappa shape index (κ1) is 14.6. The minimum absolute atomic E-state index is 0.309. The van der Waals surface area contributed by atoms with Gasteiger partial charge in [0.05, 0.1) is 6.17 Å². The summed E-state index contributed by atoms with van der Waals surface area (Å²) in [5.74, 6) is 0. The summed E-state index contributed by atoms with van der Waals surface area (Å²) in [4.78, 5) is 2.17. The molecule has 1 aliphatic rings. The van der Waals surface area contributed by atoms with Crippen molar-refractivity contribution in [1.82, 2.24) is 10.2 Å². The highest BCUT2D eigenvalue weighted by molar-refractivity contribution is 5.32. The summed E-state index contributed by atoms with van der Waals surface area (Å²) in [6.07, 6.45) is 10.3. The second-order valence-electron chi connectivity index (χ2n) is 3.34. The van der Waals surface area contributed by atoms with Crippen LogP contribution in [0.5, 0.6) is 0 Å². The molecular weight excluding hydrogens is 196 g/mol. The fraction of sp³-hybridized carbons (Fsp3) is 0.429. The van der Waals surface area contributed by atoms with Gasteiger partial charge in [0.1, 0.15) is 0 Å². The molecule has 0 aromatic heterocycles. The third-order valence-corrected chi connectivity index (χ3v) is 2.28. The van der Waals surface area contributed by atoms with Gasteiger partial charge in [-0.25, -0.2) is 0 Å². The zero-order valence-corrected chi connectivity index (χ0v) is 11.1. The first-order chi connectivity index (χ1) is 7.70. The van der Waals surface area contributed by atoms with Crippen LogP contribution in [-0.2, 0) is 0 Å². The summed E-state index contributed by atoms with van der Waals surface area (Å²) in [6.45, 7) is 14.1. The Morgan fingerprint density at radius 2 is 2.06 bits per heavy atom. The molecule has 0 bridgehead atoms. The Kier molecular flexibility index (Phi) is 7.10. The average Bonchev–Trinajstić information content (AvgIpc) is 2.70. The third kappa shape index (κ3) is 3.61. The highest BCUT2D eigenvalue weighted by Crippen LogP contribution is 2.18. The predicted octanol–water partition coefficient (Wildman–Crippen LogP) is 3.77. The van der Waals surface area contributed by atoms with Crippen molar-refractivity contribution < 1.29 is 0 Å². The molecule has 1 atom stereocenters. The summed E-state index contributed by atoms with van der Waals surface area (Å²) in [5, 5.41) is 3.22. The van der Waals surface area contributed by atoms with E-state index in [4.69, 9.17) is 0 Å². The van der Waals surface area contributed by atoms with Gasteiger partial charge in [0.15, 0.2) is 0 Å². The molecule has 0 amide bonds. The van der Waals surface area contributed by atoms with Gasteiger partial charge >= 0.3 is 0 Å². The maximum absolute atomic E-state index is 3.85. The molecule has 16 heavy (non-hydrogen) atoms. The Morgan fingerprint density at radius 3 is 2.44 bits per heavy atom. The quantitative estimate of drug-likeness (QED) is 0.728. The Balaban J connectivity index is 0.00000106. The van der Waals surface area contributed by atoms with E-state index < -0.39 is 0 Å². The lowest BCUT2D eigenvalue weighted by Gasteiger charge is -2.24. The molecule has 0 fully saturated rings. The molecule has 90 valence electrons. The fourth-order valence-electron chi connectivity index (χ4n) is 1.57. The summed E-state index contributed by atoms with van der Waals surface area (Å²) < 4.78 is 0. The van der Waals surface area contributed by atoms with Crippen LogP contribution in [0, 0.1) is 0 Å². The minimum atomic E-state index is 0.309. The van der Waals surface area contributed by atoms with Gasteiger partial charge in [-0.1, -0.05) is 32.6 Å². The van der Waals surface area contributed by atoms with Crippen LogP contribution >= 0.6 is 0 Å². The van der Waals surface area contributed by atoms with Crippen molar-refractivity contribution in [2.75, 3.05) is 0 Å². The van der Waals surface area contributed by atoms with Crippen molar-refractivity contribution in [2.24, 2.45) is 0 Å². The lowest BCUT2D eigenvalue weighted by molar-refractivity contribution is 0.372. The molecule has 2 heteroatoms. The molecule has 0 saturated heterocycles. The maximum atomic E-state index is 3.85. The number of hydrogen-bond acceptors (Lipinski definition) is 2. The lowest BCUT2D eigenvalue weighted by Crippen LogP contribution is -2.31. The van der Waals surface area contributed by atoms with E-state index in [1.54, 1.807) is 0 Å². The summed E-state index contributed by atoms with van der Waals surface area (Å²) >= 11 is 0. The van der Waals surface area contributed by atoms with Crippen molar-refractivity contribution in [1.29, 1.82) is 0 Å². The van der Waals surface area contributed by atoms with E-state index in [1.165, 1.54) is 5.57 Å². The van der Waals surface area contributed by atoms with Gasteiger partial charge in [-0.3, -0.25) is 0 Å². The van der Waals surface area contributed by atoms with Crippen LogP contribution in [0.15, 0.2) is 48.5 Å². The molecule has 1 heterocycles. The Morgan fingerprint density at radius 1 is 1.44 bits per heavy atom. The zero-order chi connectivity index (χ0) is 12.6. The van der Waals surface area contributed by atoms with Gasteiger partial charge < -0.3 is 10.2 Å². The van der Waals surface area contributed by atoms with Crippen LogP contribution in [-0.4, -0.2) is 11.1 Å². The summed E-state index contributed by atoms with van der Waals surface area (Å²) in [5.41, 5.74) is 2.37. The van der Waals surface area contributed by atoms with Gasteiger partial charge in [0, 0.05) is 18.1 Å². The van der Waals surface area contributed by atoms with Crippen LogP contribution in [0.4, 0.5) is 0 Å². The van der Waals surface area contributed by atoms with Gasteiger partial charge in [-0.15, -0.1) is 0 Å². The fourth-order valence-corrected chi connectivity index (χ4v) is 1.57. The average molecular weight is 220 g/mol. The minimum Gasteiger partial charge on any atom is -0.370 e. The van der Waals surface area contributed by atoms with Crippen LogP contribution in [0.3, 0.4) is 0 Å². The van der Waals surface area contributed by atoms with E-state index in [1.807, 2.05) is 45.3 Å². The van der Waals surface area contributed by atoms with Crippen LogP contribution in [0.25, 0.3) is 0 Å². The number of hydrogen-bond donors (Lipinski definition) is 1. The van der Waals surface area contributed by atoms with Crippen LogP contribution in [0.2, 0.25) is 0 Å². The topological polar surface area (TPSA) is 15.3 Å². The molecule has 2 nitrogen and oxygen atoms in total. The first-order valence-corrected chi connectivity index (χ1v) is 5.87. The van der Waals surface area contributed by atoms with Gasteiger partial charge in [-0.05, 0) is 32.4 Å². The predicted molar refractivity (Wildman–Crippen MR) is 72.6 cm³/mol. The van der Waals surface area contributed by atoms with Gasteiger partial charge in [0.25, 0.3) is 0 Å². The summed E-state index contributed by atoms with van der Waals surface area (Å²) in [7, 11) is 0. The SMILES string of the molecule is C=C/C(=C(C)\C=C/C)N1C=CNC1C.CC. The zero-order valence-electron chi connectivity index (χ0n) is 11.1. The molecule has 1 unspecified atom stereocenters. The number of nitrogens with one attached hydrogen (secondary N) is 1. The Labute approximate surface area is 100 Å². The Bertz CT molecular complexity index is 298. The Hall–Kier alpha value is -1.44. The lowest BCUT2D eigenvalue weighted by atomic mass is 10.2.